The third-order valence-electron chi connectivity index (χ3n) is 2.45. The number of carbonyl (C=O) groups is 1. The molecule has 0 fully saturated rings. The maximum Gasteiger partial charge on any atom is 0.194 e. The van der Waals surface area contributed by atoms with Crippen LogP contribution in [0, 0.1) is 12.7 Å². The van der Waals surface area contributed by atoms with Crippen molar-refractivity contribution in [1.29, 1.82) is 0 Å². The highest BCUT2D eigenvalue weighted by atomic mass is 35.5. The predicted molar refractivity (Wildman–Crippen MR) is 63.8 cm³/mol. The van der Waals surface area contributed by atoms with Crippen LogP contribution in [-0.2, 0) is 0 Å². The van der Waals surface area contributed by atoms with Crippen LogP contribution in [0.1, 0.15) is 21.5 Å². The SMILES string of the molecule is Cc1cc(F)ccc1C(=O)c1ccncc1Cl. The fourth-order valence-corrected chi connectivity index (χ4v) is 1.79. The smallest absolute Gasteiger partial charge is 0.194 e. The molecule has 0 N–H and O–H groups in total. The molecule has 0 bridgehead atoms. The number of pyridine rings is 1. The van der Waals surface area contributed by atoms with Crippen molar-refractivity contribution < 1.29 is 9.18 Å². The molecule has 86 valence electrons. The first-order chi connectivity index (χ1) is 8.09. The molecule has 17 heavy (non-hydrogen) atoms. The highest BCUT2D eigenvalue weighted by Crippen LogP contribution is 2.20. The maximum atomic E-state index is 12.9. The Morgan fingerprint density at radius 1 is 1.29 bits per heavy atom. The molecule has 0 atom stereocenters. The van der Waals surface area contributed by atoms with Gasteiger partial charge in [-0.1, -0.05) is 11.6 Å². The van der Waals surface area contributed by atoms with Crippen molar-refractivity contribution in [3.63, 3.8) is 0 Å². The summed E-state index contributed by atoms with van der Waals surface area (Å²) in [7, 11) is 0. The number of halogens is 2. The molecule has 0 amide bonds. The number of aryl methyl sites for hydroxylation is 1. The van der Waals surface area contributed by atoms with Crippen molar-refractivity contribution in [2.24, 2.45) is 0 Å². The number of hydrogen-bond acceptors (Lipinski definition) is 2. The summed E-state index contributed by atoms with van der Waals surface area (Å²) in [5.41, 5.74) is 1.40. The van der Waals surface area contributed by atoms with Crippen LogP contribution >= 0.6 is 11.6 Å². The maximum absolute atomic E-state index is 12.9. The zero-order valence-corrected chi connectivity index (χ0v) is 9.83. The van der Waals surface area contributed by atoms with Gasteiger partial charge in [0.25, 0.3) is 0 Å². The van der Waals surface area contributed by atoms with Crippen LogP contribution in [0.2, 0.25) is 5.02 Å². The summed E-state index contributed by atoms with van der Waals surface area (Å²) in [4.78, 5) is 16.0. The van der Waals surface area contributed by atoms with Crippen molar-refractivity contribution in [2.75, 3.05) is 0 Å². The van der Waals surface area contributed by atoms with Crippen molar-refractivity contribution >= 4 is 17.4 Å². The van der Waals surface area contributed by atoms with E-state index in [1.54, 1.807) is 13.0 Å². The Kier molecular flexibility index (Phi) is 3.20. The molecule has 0 spiro atoms. The fraction of sp³-hybridized carbons (Fsp3) is 0.0769. The van der Waals surface area contributed by atoms with Gasteiger partial charge >= 0.3 is 0 Å². The van der Waals surface area contributed by atoms with E-state index in [9.17, 15) is 9.18 Å². The second kappa shape index (κ2) is 4.63. The van der Waals surface area contributed by atoms with E-state index in [2.05, 4.69) is 4.98 Å². The molecule has 0 saturated carbocycles. The normalized spacial score (nSPS) is 10.3. The van der Waals surface area contributed by atoms with E-state index in [-0.39, 0.29) is 11.6 Å². The van der Waals surface area contributed by atoms with Gasteiger partial charge in [-0.2, -0.15) is 0 Å². The van der Waals surface area contributed by atoms with Crippen LogP contribution < -0.4 is 0 Å². The topological polar surface area (TPSA) is 30.0 Å². The summed E-state index contributed by atoms with van der Waals surface area (Å²) in [6.45, 7) is 1.69. The quantitative estimate of drug-likeness (QED) is 0.764. The minimum atomic E-state index is -0.361. The number of hydrogen-bond donors (Lipinski definition) is 0. The van der Waals surface area contributed by atoms with Crippen LogP contribution in [0.4, 0.5) is 4.39 Å². The van der Waals surface area contributed by atoms with Crippen molar-refractivity contribution in [1.82, 2.24) is 4.98 Å². The monoisotopic (exact) mass is 249 g/mol. The Hall–Kier alpha value is -1.74. The van der Waals surface area contributed by atoms with Gasteiger partial charge in [-0.3, -0.25) is 9.78 Å². The van der Waals surface area contributed by atoms with E-state index < -0.39 is 0 Å². The molecule has 0 aliphatic heterocycles. The zero-order chi connectivity index (χ0) is 12.4. The van der Waals surface area contributed by atoms with E-state index in [0.717, 1.165) is 0 Å². The lowest BCUT2D eigenvalue weighted by atomic mass is 10.00. The largest absolute Gasteiger partial charge is 0.289 e. The number of aromatic nitrogens is 1. The molecule has 0 unspecified atom stereocenters. The first-order valence-electron chi connectivity index (χ1n) is 5.00. The fourth-order valence-electron chi connectivity index (χ4n) is 1.59. The summed E-state index contributed by atoms with van der Waals surface area (Å²) >= 11 is 5.90. The van der Waals surface area contributed by atoms with E-state index in [1.165, 1.54) is 30.6 Å². The molecule has 1 aromatic carbocycles. The van der Waals surface area contributed by atoms with Gasteiger partial charge in [0.15, 0.2) is 5.78 Å². The van der Waals surface area contributed by atoms with E-state index in [0.29, 0.717) is 21.7 Å². The minimum Gasteiger partial charge on any atom is -0.289 e. The molecule has 0 aliphatic rings. The first kappa shape index (κ1) is 11.7. The molecule has 1 aromatic heterocycles. The average molecular weight is 250 g/mol. The second-order valence-electron chi connectivity index (χ2n) is 3.64. The molecule has 2 nitrogen and oxygen atoms in total. The number of nitrogens with zero attached hydrogens (tertiary/aromatic N) is 1. The summed E-state index contributed by atoms with van der Waals surface area (Å²) in [5.74, 6) is -0.588. The van der Waals surface area contributed by atoms with Crippen molar-refractivity contribution in [3.8, 4) is 0 Å². The summed E-state index contributed by atoms with van der Waals surface area (Å²) in [6, 6.07) is 5.59. The van der Waals surface area contributed by atoms with Gasteiger partial charge in [0.1, 0.15) is 5.82 Å². The van der Waals surface area contributed by atoms with Gasteiger partial charge in [-0.05, 0) is 36.8 Å². The first-order valence-corrected chi connectivity index (χ1v) is 5.38. The van der Waals surface area contributed by atoms with Crippen molar-refractivity contribution in [3.05, 3.63) is 64.2 Å². The molecule has 0 aliphatic carbocycles. The standard InChI is InChI=1S/C13H9ClFNO/c1-8-6-9(15)2-3-10(8)13(17)11-4-5-16-7-12(11)14/h2-7H,1H3. The van der Waals surface area contributed by atoms with Gasteiger partial charge in [-0.15, -0.1) is 0 Å². The summed E-state index contributed by atoms with van der Waals surface area (Å²) in [6.07, 6.45) is 2.91. The van der Waals surface area contributed by atoms with Gasteiger partial charge in [-0.25, -0.2) is 4.39 Å². The van der Waals surface area contributed by atoms with Crippen molar-refractivity contribution in [2.45, 2.75) is 6.92 Å². The third kappa shape index (κ3) is 2.34. The van der Waals surface area contributed by atoms with Gasteiger partial charge in [0.2, 0.25) is 0 Å². The van der Waals surface area contributed by atoms with E-state index in [4.69, 9.17) is 11.6 Å². The summed E-state index contributed by atoms with van der Waals surface area (Å²) < 4.78 is 12.9. The Balaban J connectivity index is 2.48. The lowest BCUT2D eigenvalue weighted by Crippen LogP contribution is -2.05. The Bertz CT molecular complexity index is 583. The van der Waals surface area contributed by atoms with Gasteiger partial charge in [0, 0.05) is 23.5 Å². The number of benzene rings is 1. The van der Waals surface area contributed by atoms with E-state index in [1.807, 2.05) is 0 Å². The summed E-state index contributed by atoms with van der Waals surface area (Å²) in [5, 5.41) is 0.293. The highest BCUT2D eigenvalue weighted by Gasteiger charge is 2.14. The highest BCUT2D eigenvalue weighted by molar-refractivity contribution is 6.34. The van der Waals surface area contributed by atoms with Crippen LogP contribution in [-0.4, -0.2) is 10.8 Å². The van der Waals surface area contributed by atoms with Crippen LogP contribution in [0.3, 0.4) is 0 Å². The Labute approximate surface area is 103 Å². The number of ketones is 1. The van der Waals surface area contributed by atoms with Gasteiger partial charge in [0.05, 0.1) is 5.02 Å². The Morgan fingerprint density at radius 2 is 2.06 bits per heavy atom. The number of rotatable bonds is 2. The van der Waals surface area contributed by atoms with Crippen LogP contribution in [0.5, 0.6) is 0 Å². The molecular weight excluding hydrogens is 241 g/mol. The molecular formula is C13H9ClFNO. The Morgan fingerprint density at radius 3 is 2.71 bits per heavy atom. The lowest BCUT2D eigenvalue weighted by Gasteiger charge is -2.06. The molecule has 4 heteroatoms. The second-order valence-corrected chi connectivity index (χ2v) is 4.05. The molecule has 0 saturated heterocycles. The zero-order valence-electron chi connectivity index (χ0n) is 9.08. The molecule has 0 radical (unpaired) electrons. The molecule has 1 heterocycles. The van der Waals surface area contributed by atoms with E-state index >= 15 is 0 Å². The van der Waals surface area contributed by atoms with Gasteiger partial charge < -0.3 is 0 Å². The van der Waals surface area contributed by atoms with Crippen LogP contribution in [0.15, 0.2) is 36.7 Å². The lowest BCUT2D eigenvalue weighted by molar-refractivity contribution is 0.103. The average Bonchev–Trinajstić information content (AvgIpc) is 2.29. The minimum absolute atomic E-state index is 0.227. The number of carbonyl (C=O) groups excluding carboxylic acids is 1. The molecule has 2 aromatic rings. The third-order valence-corrected chi connectivity index (χ3v) is 2.75. The molecule has 2 rings (SSSR count). The predicted octanol–water partition coefficient (Wildman–Crippen LogP) is 3.41. The van der Waals surface area contributed by atoms with Crippen LogP contribution in [0.25, 0.3) is 0 Å².